The first-order valence-corrected chi connectivity index (χ1v) is 9.82. The fourth-order valence-corrected chi connectivity index (χ4v) is 3.22. The highest BCUT2D eigenvalue weighted by molar-refractivity contribution is 5.93. The van der Waals surface area contributed by atoms with Crippen LogP contribution in [0.15, 0.2) is 42.5 Å². The van der Waals surface area contributed by atoms with Gasteiger partial charge in [0.1, 0.15) is 11.5 Å². The second kappa shape index (κ2) is 10.7. The summed E-state index contributed by atoms with van der Waals surface area (Å²) in [6, 6.07) is 14.1. The van der Waals surface area contributed by atoms with Gasteiger partial charge in [-0.15, -0.1) is 0 Å². The fraction of sp³-hybridized carbons (Fsp3) is 0.435. The van der Waals surface area contributed by atoms with Crippen molar-refractivity contribution in [3.63, 3.8) is 0 Å². The molecular formula is C23H32N2O3. The molecule has 0 saturated heterocycles. The van der Waals surface area contributed by atoms with Crippen LogP contribution in [0.1, 0.15) is 44.4 Å². The number of methoxy groups -OCH3 is 2. The Balaban J connectivity index is 2.00. The summed E-state index contributed by atoms with van der Waals surface area (Å²) >= 11 is 0. The molecule has 5 heteroatoms. The molecule has 152 valence electrons. The first-order chi connectivity index (χ1) is 13.5. The molecule has 0 saturated carbocycles. The lowest BCUT2D eigenvalue weighted by Crippen LogP contribution is -2.33. The van der Waals surface area contributed by atoms with Gasteiger partial charge in [-0.1, -0.05) is 51.5 Å². The summed E-state index contributed by atoms with van der Waals surface area (Å²) in [6.45, 7) is 6.71. The zero-order valence-electron chi connectivity index (χ0n) is 17.5. The molecule has 0 aliphatic rings. The van der Waals surface area contributed by atoms with Crippen molar-refractivity contribution in [2.45, 2.75) is 39.7 Å². The van der Waals surface area contributed by atoms with Gasteiger partial charge in [0.25, 0.3) is 0 Å². The number of aryl methyl sites for hydroxylation is 1. The van der Waals surface area contributed by atoms with Gasteiger partial charge in [-0.25, -0.2) is 0 Å². The number of amides is 1. The number of carbonyl (C=O) groups excluding carboxylic acids is 1. The molecule has 0 aliphatic heterocycles. The maximum Gasteiger partial charge on any atom is 0.238 e. The molecule has 1 amide bonds. The van der Waals surface area contributed by atoms with E-state index in [-0.39, 0.29) is 18.5 Å². The lowest BCUT2D eigenvalue weighted by atomic mass is 9.94. The standard InChI is InChI=1S/C23H32N2O3/c1-6-7-17-8-10-18(11-9-17)23(16(2)3)24-15-22(26)25-20-13-12-19(27-4)14-21(20)28-5/h8-14,16,23-24H,6-7,15H2,1-5H3,(H,25,26)/t23-/m0/s1. The van der Waals surface area contributed by atoms with Gasteiger partial charge in [-0.3, -0.25) is 4.79 Å². The average Bonchev–Trinajstić information content (AvgIpc) is 2.69. The number of ether oxygens (including phenoxy) is 2. The molecule has 2 rings (SSSR count). The number of carbonyl (C=O) groups is 1. The van der Waals surface area contributed by atoms with E-state index >= 15 is 0 Å². The minimum atomic E-state index is -0.114. The third-order valence-electron chi connectivity index (χ3n) is 4.71. The number of benzene rings is 2. The lowest BCUT2D eigenvalue weighted by Gasteiger charge is -2.23. The molecular weight excluding hydrogens is 352 g/mol. The van der Waals surface area contributed by atoms with E-state index in [0.29, 0.717) is 23.1 Å². The van der Waals surface area contributed by atoms with Gasteiger partial charge in [-0.05, 0) is 35.6 Å². The molecule has 2 N–H and O–H groups in total. The van der Waals surface area contributed by atoms with Crippen molar-refractivity contribution in [3.05, 3.63) is 53.6 Å². The van der Waals surface area contributed by atoms with E-state index in [1.54, 1.807) is 32.4 Å². The van der Waals surface area contributed by atoms with E-state index < -0.39 is 0 Å². The molecule has 0 spiro atoms. The zero-order valence-corrected chi connectivity index (χ0v) is 17.5. The van der Waals surface area contributed by atoms with E-state index in [1.807, 2.05) is 0 Å². The van der Waals surface area contributed by atoms with Crippen molar-refractivity contribution >= 4 is 11.6 Å². The monoisotopic (exact) mass is 384 g/mol. The van der Waals surface area contributed by atoms with Gasteiger partial charge < -0.3 is 20.1 Å². The van der Waals surface area contributed by atoms with Crippen LogP contribution in [0.3, 0.4) is 0 Å². The van der Waals surface area contributed by atoms with Crippen molar-refractivity contribution in [3.8, 4) is 11.5 Å². The Morgan fingerprint density at radius 1 is 1.04 bits per heavy atom. The summed E-state index contributed by atoms with van der Waals surface area (Å²) in [5.74, 6) is 1.50. The molecule has 2 aromatic carbocycles. The molecule has 0 aromatic heterocycles. The van der Waals surface area contributed by atoms with Crippen LogP contribution in [-0.2, 0) is 11.2 Å². The Kier molecular flexibility index (Phi) is 8.33. The quantitative estimate of drug-likeness (QED) is 0.629. The van der Waals surface area contributed by atoms with Gasteiger partial charge in [0, 0.05) is 12.1 Å². The summed E-state index contributed by atoms with van der Waals surface area (Å²) in [4.78, 5) is 12.5. The molecule has 0 fully saturated rings. The summed E-state index contributed by atoms with van der Waals surface area (Å²) in [6.07, 6.45) is 2.23. The summed E-state index contributed by atoms with van der Waals surface area (Å²) < 4.78 is 10.5. The third-order valence-corrected chi connectivity index (χ3v) is 4.71. The minimum absolute atomic E-state index is 0.110. The van der Waals surface area contributed by atoms with Crippen LogP contribution in [0.4, 0.5) is 5.69 Å². The van der Waals surface area contributed by atoms with E-state index in [0.717, 1.165) is 12.8 Å². The van der Waals surface area contributed by atoms with Crippen molar-refractivity contribution in [2.24, 2.45) is 5.92 Å². The number of nitrogens with one attached hydrogen (secondary N) is 2. The Morgan fingerprint density at radius 2 is 1.75 bits per heavy atom. The maximum atomic E-state index is 12.5. The van der Waals surface area contributed by atoms with Crippen molar-refractivity contribution in [1.29, 1.82) is 0 Å². The molecule has 2 aromatic rings. The van der Waals surface area contributed by atoms with Crippen LogP contribution in [0.2, 0.25) is 0 Å². The highest BCUT2D eigenvalue weighted by atomic mass is 16.5. The molecule has 0 heterocycles. The first-order valence-electron chi connectivity index (χ1n) is 9.82. The van der Waals surface area contributed by atoms with Crippen molar-refractivity contribution in [1.82, 2.24) is 5.32 Å². The number of anilines is 1. The number of rotatable bonds is 10. The predicted octanol–water partition coefficient (Wildman–Crippen LogP) is 4.58. The molecule has 28 heavy (non-hydrogen) atoms. The van der Waals surface area contributed by atoms with Crippen LogP contribution in [0.5, 0.6) is 11.5 Å². The third kappa shape index (κ3) is 5.99. The van der Waals surface area contributed by atoms with E-state index in [4.69, 9.17) is 9.47 Å². The van der Waals surface area contributed by atoms with Gasteiger partial charge in [0.2, 0.25) is 5.91 Å². The zero-order chi connectivity index (χ0) is 20.5. The maximum absolute atomic E-state index is 12.5. The molecule has 5 nitrogen and oxygen atoms in total. The largest absolute Gasteiger partial charge is 0.497 e. The highest BCUT2D eigenvalue weighted by Crippen LogP contribution is 2.29. The predicted molar refractivity (Wildman–Crippen MR) is 114 cm³/mol. The highest BCUT2D eigenvalue weighted by Gasteiger charge is 2.17. The molecule has 0 radical (unpaired) electrons. The van der Waals surface area contributed by atoms with E-state index in [9.17, 15) is 4.79 Å². The van der Waals surface area contributed by atoms with Crippen LogP contribution in [-0.4, -0.2) is 26.7 Å². The Hall–Kier alpha value is -2.53. The van der Waals surface area contributed by atoms with Gasteiger partial charge in [-0.2, -0.15) is 0 Å². The summed E-state index contributed by atoms with van der Waals surface area (Å²) in [5.41, 5.74) is 3.17. The summed E-state index contributed by atoms with van der Waals surface area (Å²) in [7, 11) is 3.16. The van der Waals surface area contributed by atoms with E-state index in [2.05, 4.69) is 55.7 Å². The Labute approximate surface area is 168 Å². The second-order valence-corrected chi connectivity index (χ2v) is 7.21. The molecule has 1 atom stereocenters. The Morgan fingerprint density at radius 3 is 2.32 bits per heavy atom. The number of hydrogen-bond donors (Lipinski definition) is 2. The minimum Gasteiger partial charge on any atom is -0.497 e. The van der Waals surface area contributed by atoms with Gasteiger partial charge >= 0.3 is 0 Å². The van der Waals surface area contributed by atoms with Crippen LogP contribution >= 0.6 is 0 Å². The molecule has 0 aliphatic carbocycles. The number of hydrogen-bond acceptors (Lipinski definition) is 4. The van der Waals surface area contributed by atoms with Gasteiger partial charge in [0.15, 0.2) is 0 Å². The SMILES string of the molecule is CCCc1ccc([C@@H](NCC(=O)Nc2ccc(OC)cc2OC)C(C)C)cc1. The van der Waals surface area contributed by atoms with Crippen LogP contribution < -0.4 is 20.1 Å². The van der Waals surface area contributed by atoms with Crippen molar-refractivity contribution in [2.75, 3.05) is 26.1 Å². The topological polar surface area (TPSA) is 59.6 Å². The van der Waals surface area contributed by atoms with Gasteiger partial charge in [0.05, 0.1) is 26.5 Å². The molecule has 0 bridgehead atoms. The summed E-state index contributed by atoms with van der Waals surface area (Å²) in [5, 5.41) is 6.29. The Bertz CT molecular complexity index is 757. The average molecular weight is 385 g/mol. The first kappa shape index (κ1) is 21.8. The van der Waals surface area contributed by atoms with Crippen molar-refractivity contribution < 1.29 is 14.3 Å². The van der Waals surface area contributed by atoms with Crippen LogP contribution in [0, 0.1) is 5.92 Å². The second-order valence-electron chi connectivity index (χ2n) is 7.21. The fourth-order valence-electron chi connectivity index (χ4n) is 3.22. The normalized spacial score (nSPS) is 11.9. The smallest absolute Gasteiger partial charge is 0.238 e. The van der Waals surface area contributed by atoms with E-state index in [1.165, 1.54) is 11.1 Å². The molecule has 0 unspecified atom stereocenters. The lowest BCUT2D eigenvalue weighted by molar-refractivity contribution is -0.115. The van der Waals surface area contributed by atoms with Crippen LogP contribution in [0.25, 0.3) is 0 Å².